The lowest BCUT2D eigenvalue weighted by molar-refractivity contribution is -0.118. The maximum absolute atomic E-state index is 11.3. The number of piperidine rings is 1. The second-order valence-electron chi connectivity index (χ2n) is 4.16. The van der Waals surface area contributed by atoms with Crippen LogP contribution in [0.25, 0.3) is 0 Å². The zero-order valence-corrected chi connectivity index (χ0v) is 8.72. The molecule has 1 fully saturated rings. The average Bonchev–Trinajstić information content (AvgIpc) is 2.31. The van der Waals surface area contributed by atoms with Crippen molar-refractivity contribution < 1.29 is 9.90 Å². The van der Waals surface area contributed by atoms with Crippen molar-refractivity contribution in [2.24, 2.45) is 0 Å². The van der Waals surface area contributed by atoms with Crippen LogP contribution >= 0.6 is 0 Å². The Kier molecular flexibility index (Phi) is 2.73. The smallest absolute Gasteiger partial charge is 0.306 e. The van der Waals surface area contributed by atoms with E-state index in [4.69, 9.17) is 0 Å². The Labute approximate surface area is 89.5 Å². The highest BCUT2D eigenvalue weighted by molar-refractivity contribution is 5.69. The van der Waals surface area contributed by atoms with E-state index in [0.717, 1.165) is 38.0 Å². The zero-order valence-electron chi connectivity index (χ0n) is 8.72. The first-order chi connectivity index (χ1) is 7.27. The number of aromatic hydroxyl groups is 1. The van der Waals surface area contributed by atoms with Gasteiger partial charge in [0.25, 0.3) is 0 Å². The van der Waals surface area contributed by atoms with E-state index in [0.29, 0.717) is 4.48 Å². The molecule has 3 heteroatoms. The quantitative estimate of drug-likeness (QED) is 0.594. The first-order valence-corrected chi connectivity index (χ1v) is 5.39. The van der Waals surface area contributed by atoms with Crippen LogP contribution in [0.1, 0.15) is 19.3 Å². The summed E-state index contributed by atoms with van der Waals surface area (Å²) in [7, 11) is 0. The molecule has 2 rings (SSSR count). The summed E-state index contributed by atoms with van der Waals surface area (Å²) in [5.74, 6) is 0.250. The Morgan fingerprint density at radius 2 is 1.67 bits per heavy atom. The van der Waals surface area contributed by atoms with Crippen LogP contribution in [0.5, 0.6) is 5.75 Å². The number of carbonyl (C=O) groups is 1. The molecule has 1 heterocycles. The van der Waals surface area contributed by atoms with Gasteiger partial charge in [0.05, 0.1) is 13.1 Å². The van der Waals surface area contributed by atoms with Gasteiger partial charge in [-0.3, -0.25) is 0 Å². The van der Waals surface area contributed by atoms with Gasteiger partial charge in [-0.05, 0) is 31.4 Å². The van der Waals surface area contributed by atoms with Crippen LogP contribution in [-0.4, -0.2) is 24.6 Å². The van der Waals surface area contributed by atoms with Crippen LogP contribution in [0.4, 0.5) is 5.69 Å². The van der Waals surface area contributed by atoms with Crippen molar-refractivity contribution in [1.82, 2.24) is 4.48 Å². The van der Waals surface area contributed by atoms with Crippen LogP contribution in [0.15, 0.2) is 24.3 Å². The van der Waals surface area contributed by atoms with Gasteiger partial charge in [-0.15, -0.1) is 0 Å². The lowest BCUT2D eigenvalue weighted by Gasteiger charge is -2.34. The summed E-state index contributed by atoms with van der Waals surface area (Å²) in [6.45, 7) is 1.77. The maximum Gasteiger partial charge on any atom is 0.306 e. The standard InChI is InChI=1S/C12H15NO2/c14-10-13(8-2-1-3-9-13)11-4-6-12(15)7-5-11/h4-7,10H,1-3,8-9H2/p+1. The molecule has 1 aliphatic heterocycles. The van der Waals surface area contributed by atoms with Gasteiger partial charge in [0, 0.05) is 12.1 Å². The number of hydrogen-bond donors (Lipinski definition) is 1. The zero-order chi connectivity index (χ0) is 10.7. The summed E-state index contributed by atoms with van der Waals surface area (Å²) in [4.78, 5) is 11.3. The van der Waals surface area contributed by atoms with E-state index in [9.17, 15) is 9.90 Å². The molecule has 1 N–H and O–H groups in total. The van der Waals surface area contributed by atoms with E-state index in [1.807, 2.05) is 12.1 Å². The SMILES string of the molecule is O=C[N+]1(c2ccc(O)cc2)CCCCC1. The molecule has 0 radical (unpaired) electrons. The Balaban J connectivity index is 2.32. The summed E-state index contributed by atoms with van der Waals surface area (Å²) in [6, 6.07) is 6.98. The third-order valence-electron chi connectivity index (χ3n) is 3.18. The number of quaternary nitrogens is 1. The molecule has 1 aliphatic rings. The number of carbonyl (C=O) groups excluding carboxylic acids is 1. The van der Waals surface area contributed by atoms with E-state index in [1.54, 1.807) is 12.1 Å². The highest BCUT2D eigenvalue weighted by Crippen LogP contribution is 2.28. The van der Waals surface area contributed by atoms with Gasteiger partial charge in [-0.1, -0.05) is 0 Å². The molecule has 0 bridgehead atoms. The molecule has 0 unspecified atom stereocenters. The van der Waals surface area contributed by atoms with Gasteiger partial charge in [-0.2, -0.15) is 0 Å². The van der Waals surface area contributed by atoms with Crippen LogP contribution in [-0.2, 0) is 4.79 Å². The van der Waals surface area contributed by atoms with Crippen molar-refractivity contribution in [1.29, 1.82) is 0 Å². The summed E-state index contributed by atoms with van der Waals surface area (Å²) in [6.07, 6.45) is 4.44. The molecule has 1 aromatic rings. The Morgan fingerprint density at radius 3 is 2.20 bits per heavy atom. The normalized spacial score (nSPS) is 19.7. The third-order valence-corrected chi connectivity index (χ3v) is 3.18. The summed E-state index contributed by atoms with van der Waals surface area (Å²) >= 11 is 0. The number of rotatable bonds is 2. The lowest BCUT2D eigenvalue weighted by atomic mass is 10.1. The molecule has 0 aromatic heterocycles. The van der Waals surface area contributed by atoms with Crippen LogP contribution in [0, 0.1) is 0 Å². The number of phenols is 1. The minimum absolute atomic E-state index is 0.250. The molecule has 80 valence electrons. The van der Waals surface area contributed by atoms with Gasteiger partial charge < -0.3 is 5.11 Å². The van der Waals surface area contributed by atoms with Gasteiger partial charge in [0.2, 0.25) is 0 Å². The Hall–Kier alpha value is -1.35. The molecular formula is C12H16NO2+. The number of likely N-dealkylation sites (tertiary alicyclic amines) is 1. The predicted octanol–water partition coefficient (Wildman–Crippen LogP) is 2.04. The van der Waals surface area contributed by atoms with Crippen LogP contribution in [0.2, 0.25) is 0 Å². The number of nitrogens with zero attached hydrogens (tertiary/aromatic N) is 1. The van der Waals surface area contributed by atoms with Crippen molar-refractivity contribution in [2.45, 2.75) is 19.3 Å². The fraction of sp³-hybridized carbons (Fsp3) is 0.417. The van der Waals surface area contributed by atoms with E-state index < -0.39 is 0 Å². The average molecular weight is 206 g/mol. The van der Waals surface area contributed by atoms with Crippen molar-refractivity contribution in [3.63, 3.8) is 0 Å². The van der Waals surface area contributed by atoms with E-state index >= 15 is 0 Å². The highest BCUT2D eigenvalue weighted by Gasteiger charge is 2.32. The second kappa shape index (κ2) is 4.03. The molecule has 1 saturated heterocycles. The fourth-order valence-corrected chi connectivity index (χ4v) is 2.25. The molecule has 3 nitrogen and oxygen atoms in total. The summed E-state index contributed by atoms with van der Waals surface area (Å²) in [5, 5.41) is 9.22. The van der Waals surface area contributed by atoms with Crippen molar-refractivity contribution in [3.05, 3.63) is 24.3 Å². The van der Waals surface area contributed by atoms with E-state index in [-0.39, 0.29) is 5.75 Å². The number of amides is 1. The maximum atomic E-state index is 11.3. The van der Waals surface area contributed by atoms with Gasteiger partial charge in [-0.25, -0.2) is 9.28 Å². The summed E-state index contributed by atoms with van der Waals surface area (Å²) < 4.78 is 0.417. The van der Waals surface area contributed by atoms with Crippen LogP contribution < -0.4 is 4.48 Å². The number of phenolic OH excluding ortho intramolecular Hbond substituents is 1. The second-order valence-corrected chi connectivity index (χ2v) is 4.16. The Bertz CT molecular complexity index is 339. The lowest BCUT2D eigenvalue weighted by Crippen LogP contribution is -2.51. The Morgan fingerprint density at radius 1 is 1.07 bits per heavy atom. The predicted molar refractivity (Wildman–Crippen MR) is 59.5 cm³/mol. The molecule has 1 aromatic carbocycles. The number of benzene rings is 1. The van der Waals surface area contributed by atoms with Crippen molar-refractivity contribution in [2.75, 3.05) is 13.1 Å². The summed E-state index contributed by atoms with van der Waals surface area (Å²) in [5.41, 5.74) is 0.988. The van der Waals surface area contributed by atoms with E-state index in [1.165, 1.54) is 6.42 Å². The minimum Gasteiger partial charge on any atom is -0.508 e. The minimum atomic E-state index is 0.250. The van der Waals surface area contributed by atoms with E-state index in [2.05, 4.69) is 0 Å². The number of hydrogen-bond acceptors (Lipinski definition) is 2. The molecular weight excluding hydrogens is 190 g/mol. The highest BCUT2D eigenvalue weighted by atomic mass is 16.3. The molecule has 0 spiro atoms. The fourth-order valence-electron chi connectivity index (χ4n) is 2.25. The largest absolute Gasteiger partial charge is 0.508 e. The molecule has 0 aliphatic carbocycles. The van der Waals surface area contributed by atoms with Crippen molar-refractivity contribution in [3.8, 4) is 5.75 Å². The third kappa shape index (κ3) is 1.88. The van der Waals surface area contributed by atoms with Gasteiger partial charge >= 0.3 is 6.41 Å². The van der Waals surface area contributed by atoms with Gasteiger partial charge in [0.15, 0.2) is 0 Å². The topological polar surface area (TPSA) is 37.3 Å². The molecule has 15 heavy (non-hydrogen) atoms. The van der Waals surface area contributed by atoms with Gasteiger partial charge in [0.1, 0.15) is 11.4 Å². The van der Waals surface area contributed by atoms with Crippen LogP contribution in [0.3, 0.4) is 0 Å². The monoisotopic (exact) mass is 206 g/mol. The molecule has 0 atom stereocenters. The first-order valence-electron chi connectivity index (χ1n) is 5.39. The first kappa shape index (κ1) is 10.2. The van der Waals surface area contributed by atoms with Crippen molar-refractivity contribution >= 4 is 12.1 Å². The molecule has 0 saturated carbocycles. The molecule has 1 amide bonds.